The van der Waals surface area contributed by atoms with Crippen LogP contribution in [0.1, 0.15) is 37.3 Å². The van der Waals surface area contributed by atoms with Gasteiger partial charge in [-0.05, 0) is 18.9 Å². The molecule has 154 valence electrons. The summed E-state index contributed by atoms with van der Waals surface area (Å²) in [6.07, 6.45) is -3.48. The van der Waals surface area contributed by atoms with Gasteiger partial charge in [0.2, 0.25) is 11.7 Å². The van der Waals surface area contributed by atoms with Crippen LogP contribution in [0.15, 0.2) is 21.3 Å². The molecule has 6 nitrogen and oxygen atoms in total. The molecule has 0 bridgehead atoms. The number of imidazole rings is 1. The Bertz CT molecular complexity index is 1190. The summed E-state index contributed by atoms with van der Waals surface area (Å²) in [6, 6.07) is 2.65. The van der Waals surface area contributed by atoms with Crippen LogP contribution in [0.2, 0.25) is 5.02 Å². The number of hydrogen-bond acceptors (Lipinski definition) is 4. The van der Waals surface area contributed by atoms with Crippen LogP contribution < -0.4 is 5.43 Å². The van der Waals surface area contributed by atoms with Crippen LogP contribution in [-0.2, 0) is 18.0 Å². The second-order valence-electron chi connectivity index (χ2n) is 7.22. The van der Waals surface area contributed by atoms with Gasteiger partial charge in [-0.3, -0.25) is 9.59 Å². The van der Waals surface area contributed by atoms with Gasteiger partial charge >= 0.3 is 6.18 Å². The fourth-order valence-corrected chi connectivity index (χ4v) is 4.13. The molecule has 0 radical (unpaired) electrons. The SMILES string of the molecule is CC(=O)N1CCC(c2cc(=O)c3cc(Cl)c4nc(C(F)(F)F)n(C)c4c3o2)CC1. The van der Waals surface area contributed by atoms with Crippen LogP contribution in [0.5, 0.6) is 0 Å². The fraction of sp³-hybridized carbons (Fsp3) is 0.421. The van der Waals surface area contributed by atoms with Crippen molar-refractivity contribution in [3.05, 3.63) is 39.0 Å². The summed E-state index contributed by atoms with van der Waals surface area (Å²) in [7, 11) is 1.21. The van der Waals surface area contributed by atoms with Gasteiger partial charge in [-0.15, -0.1) is 0 Å². The molecular formula is C19H17ClF3N3O3. The van der Waals surface area contributed by atoms with Gasteiger partial charge in [-0.1, -0.05) is 11.6 Å². The molecule has 0 spiro atoms. The summed E-state index contributed by atoms with van der Waals surface area (Å²) in [6.45, 7) is 2.56. The average molecular weight is 428 g/mol. The lowest BCUT2D eigenvalue weighted by atomic mass is 9.93. The molecule has 3 aromatic rings. The van der Waals surface area contributed by atoms with E-state index in [0.29, 0.717) is 31.7 Å². The van der Waals surface area contributed by atoms with Crippen LogP contribution in [0.4, 0.5) is 13.2 Å². The summed E-state index contributed by atoms with van der Waals surface area (Å²) in [5.74, 6) is -0.855. The highest BCUT2D eigenvalue weighted by atomic mass is 35.5. The summed E-state index contributed by atoms with van der Waals surface area (Å²) >= 11 is 6.12. The molecule has 10 heteroatoms. The Labute approximate surface area is 167 Å². The number of hydrogen-bond donors (Lipinski definition) is 0. The summed E-state index contributed by atoms with van der Waals surface area (Å²) in [4.78, 5) is 29.5. The lowest BCUT2D eigenvalue weighted by Gasteiger charge is -2.30. The van der Waals surface area contributed by atoms with Crippen LogP contribution in [0.25, 0.3) is 22.0 Å². The van der Waals surface area contributed by atoms with Crippen molar-refractivity contribution in [1.82, 2.24) is 14.5 Å². The van der Waals surface area contributed by atoms with Crippen LogP contribution >= 0.6 is 11.6 Å². The number of aryl methyl sites for hydroxylation is 1. The normalized spacial score (nSPS) is 16.1. The van der Waals surface area contributed by atoms with Gasteiger partial charge in [0, 0.05) is 39.0 Å². The van der Waals surface area contributed by atoms with Gasteiger partial charge < -0.3 is 13.9 Å². The van der Waals surface area contributed by atoms with Crippen molar-refractivity contribution in [1.29, 1.82) is 0 Å². The maximum absolute atomic E-state index is 13.3. The number of fused-ring (bicyclic) bond motifs is 3. The monoisotopic (exact) mass is 427 g/mol. The second-order valence-corrected chi connectivity index (χ2v) is 7.63. The van der Waals surface area contributed by atoms with Crippen molar-refractivity contribution in [2.45, 2.75) is 31.9 Å². The Hall–Kier alpha value is -2.55. The number of likely N-dealkylation sites (tertiary alicyclic amines) is 1. The summed E-state index contributed by atoms with van der Waals surface area (Å²) in [5, 5.41) is 0.0533. The number of carbonyl (C=O) groups excluding carboxylic acids is 1. The Kier molecular flexibility index (Phi) is 4.60. The topological polar surface area (TPSA) is 68.3 Å². The predicted molar refractivity (Wildman–Crippen MR) is 101 cm³/mol. The number of halogens is 4. The third kappa shape index (κ3) is 3.27. The Morgan fingerprint density at radius 1 is 1.28 bits per heavy atom. The molecule has 0 unspecified atom stereocenters. The molecule has 0 saturated carbocycles. The van der Waals surface area contributed by atoms with Crippen molar-refractivity contribution in [3.63, 3.8) is 0 Å². The predicted octanol–water partition coefficient (Wildman–Crippen LogP) is 4.08. The molecule has 0 N–H and O–H groups in total. The summed E-state index contributed by atoms with van der Waals surface area (Å²) < 4.78 is 46.8. The standard InChI is InChI=1S/C19H17ClF3N3O3/c1-9(27)26-5-3-10(4-6-26)14-8-13(28)11-7-12(20)15-16(17(11)29-14)25(2)18(24-15)19(21,22)23/h7-8,10H,3-6H2,1-2H3. The Morgan fingerprint density at radius 3 is 2.52 bits per heavy atom. The van der Waals surface area contributed by atoms with Gasteiger partial charge in [0.05, 0.1) is 10.4 Å². The fourth-order valence-electron chi connectivity index (χ4n) is 3.89. The number of piperidine rings is 1. The zero-order valence-electron chi connectivity index (χ0n) is 15.6. The van der Waals surface area contributed by atoms with Crippen molar-refractivity contribution in [2.75, 3.05) is 13.1 Å². The number of alkyl halides is 3. The van der Waals surface area contributed by atoms with Crippen molar-refractivity contribution < 1.29 is 22.4 Å². The van der Waals surface area contributed by atoms with Gasteiger partial charge in [0.25, 0.3) is 0 Å². The third-order valence-electron chi connectivity index (χ3n) is 5.41. The molecule has 1 aromatic carbocycles. The maximum Gasteiger partial charge on any atom is 0.449 e. The van der Waals surface area contributed by atoms with Gasteiger partial charge in [0.1, 0.15) is 16.8 Å². The molecule has 1 fully saturated rings. The molecule has 29 heavy (non-hydrogen) atoms. The minimum Gasteiger partial charge on any atom is -0.458 e. The van der Waals surface area contributed by atoms with Crippen molar-refractivity contribution in [3.8, 4) is 0 Å². The number of nitrogens with zero attached hydrogens (tertiary/aromatic N) is 3. The minimum atomic E-state index is -4.68. The molecule has 1 aliphatic heterocycles. The van der Waals surface area contributed by atoms with E-state index in [1.165, 1.54) is 26.1 Å². The van der Waals surface area contributed by atoms with E-state index in [9.17, 15) is 22.8 Å². The number of rotatable bonds is 1. The lowest BCUT2D eigenvalue weighted by Crippen LogP contribution is -2.36. The first kappa shape index (κ1) is 19.8. The lowest BCUT2D eigenvalue weighted by molar-refractivity contribution is -0.146. The first-order valence-corrected chi connectivity index (χ1v) is 9.41. The van der Waals surface area contributed by atoms with E-state index in [1.54, 1.807) is 4.90 Å². The van der Waals surface area contributed by atoms with Crippen LogP contribution in [0, 0.1) is 0 Å². The smallest absolute Gasteiger partial charge is 0.449 e. The quantitative estimate of drug-likeness (QED) is 0.587. The first-order valence-electron chi connectivity index (χ1n) is 9.03. The Morgan fingerprint density at radius 2 is 1.93 bits per heavy atom. The highest BCUT2D eigenvalue weighted by molar-refractivity contribution is 6.36. The van der Waals surface area contributed by atoms with Gasteiger partial charge in [-0.2, -0.15) is 13.2 Å². The molecule has 4 rings (SSSR count). The van der Waals surface area contributed by atoms with Crippen LogP contribution in [0.3, 0.4) is 0 Å². The molecule has 1 aliphatic rings. The number of benzene rings is 1. The highest BCUT2D eigenvalue weighted by Gasteiger charge is 2.38. The largest absolute Gasteiger partial charge is 0.458 e. The van der Waals surface area contributed by atoms with E-state index in [2.05, 4.69) is 4.98 Å². The second kappa shape index (κ2) is 6.76. The van der Waals surface area contributed by atoms with Crippen molar-refractivity contribution >= 4 is 39.5 Å². The third-order valence-corrected chi connectivity index (χ3v) is 5.70. The van der Waals surface area contributed by atoms with E-state index >= 15 is 0 Å². The van der Waals surface area contributed by atoms with E-state index in [0.717, 1.165) is 4.57 Å². The summed E-state index contributed by atoms with van der Waals surface area (Å²) in [5.41, 5.74) is -0.388. The Balaban J connectivity index is 1.89. The molecular weight excluding hydrogens is 411 g/mol. The molecule has 3 heterocycles. The molecule has 0 atom stereocenters. The molecule has 1 amide bonds. The molecule has 1 saturated heterocycles. The highest BCUT2D eigenvalue weighted by Crippen LogP contribution is 2.37. The van der Waals surface area contributed by atoms with E-state index in [4.69, 9.17) is 16.0 Å². The van der Waals surface area contributed by atoms with Crippen molar-refractivity contribution in [2.24, 2.45) is 7.05 Å². The zero-order valence-corrected chi connectivity index (χ0v) is 16.4. The molecule has 0 aliphatic carbocycles. The molecule has 2 aromatic heterocycles. The van der Waals surface area contributed by atoms with E-state index < -0.39 is 12.0 Å². The number of aromatic nitrogens is 2. The average Bonchev–Trinajstić information content (AvgIpc) is 3.01. The van der Waals surface area contributed by atoms with Gasteiger partial charge in [-0.25, -0.2) is 4.98 Å². The zero-order chi connectivity index (χ0) is 21.1. The number of amides is 1. The van der Waals surface area contributed by atoms with E-state index in [1.807, 2.05) is 0 Å². The maximum atomic E-state index is 13.3. The minimum absolute atomic E-state index is 0.0191. The first-order chi connectivity index (χ1) is 13.6. The van der Waals surface area contributed by atoms with E-state index in [-0.39, 0.29) is 44.3 Å². The number of carbonyl (C=O) groups is 1. The van der Waals surface area contributed by atoms with Gasteiger partial charge in [0.15, 0.2) is 11.0 Å². The van der Waals surface area contributed by atoms with Crippen LogP contribution in [-0.4, -0.2) is 33.4 Å².